The molecule has 0 radical (unpaired) electrons. The maximum absolute atomic E-state index is 12.2. The lowest BCUT2D eigenvalue weighted by atomic mass is 10.2. The monoisotopic (exact) mass is 432 g/mol. The maximum Gasteiger partial charge on any atom is 0.327 e. The molecule has 0 bridgehead atoms. The van der Waals surface area contributed by atoms with E-state index in [1.165, 1.54) is 5.01 Å². The molecule has 0 saturated heterocycles. The molecular formula is C22H20N6O4. The Hall–Kier alpha value is -4.52. The molecule has 0 aliphatic carbocycles. The second-order valence-electron chi connectivity index (χ2n) is 6.49. The molecule has 0 aliphatic heterocycles. The highest BCUT2D eigenvalue weighted by atomic mass is 16.5. The molecule has 10 heteroatoms. The van der Waals surface area contributed by atoms with E-state index in [1.807, 2.05) is 25.1 Å². The van der Waals surface area contributed by atoms with Gasteiger partial charge in [0.05, 0.1) is 12.3 Å². The lowest BCUT2D eigenvalue weighted by Gasteiger charge is -2.18. The Labute approximate surface area is 184 Å². The zero-order valence-corrected chi connectivity index (χ0v) is 17.5. The topological polar surface area (TPSA) is 134 Å². The first-order valence-electron chi connectivity index (χ1n) is 9.69. The quantitative estimate of drug-likeness (QED) is 0.326. The van der Waals surface area contributed by atoms with E-state index in [0.717, 1.165) is 5.56 Å². The second kappa shape index (κ2) is 10.5. The first-order valence-corrected chi connectivity index (χ1v) is 9.69. The third-order valence-electron chi connectivity index (χ3n) is 4.13. The SMILES string of the molecule is CCOC(=O)CN(N=C(C#N)c1nnc(NC(=O)c2ccccc2)o1)c1ccc(C)cc1. The Morgan fingerprint density at radius 1 is 1.16 bits per heavy atom. The Morgan fingerprint density at radius 3 is 2.53 bits per heavy atom. The van der Waals surface area contributed by atoms with Crippen LogP contribution in [-0.4, -0.2) is 40.9 Å². The van der Waals surface area contributed by atoms with Crippen molar-refractivity contribution in [2.24, 2.45) is 5.10 Å². The predicted molar refractivity (Wildman–Crippen MR) is 116 cm³/mol. The largest absolute Gasteiger partial charge is 0.465 e. The van der Waals surface area contributed by atoms with Gasteiger partial charge in [-0.25, -0.2) is 0 Å². The van der Waals surface area contributed by atoms with E-state index in [9.17, 15) is 14.9 Å². The number of aryl methyl sites for hydroxylation is 1. The number of hydrogen-bond donors (Lipinski definition) is 1. The molecule has 0 fully saturated rings. The van der Waals surface area contributed by atoms with Crippen LogP contribution in [0.4, 0.5) is 11.7 Å². The highest BCUT2D eigenvalue weighted by Crippen LogP contribution is 2.17. The van der Waals surface area contributed by atoms with Crippen LogP contribution in [0.1, 0.15) is 28.7 Å². The summed E-state index contributed by atoms with van der Waals surface area (Å²) in [5, 5.41) is 25.1. The first kappa shape index (κ1) is 22.2. The van der Waals surface area contributed by atoms with Crippen LogP contribution in [0.3, 0.4) is 0 Å². The molecule has 0 spiro atoms. The van der Waals surface area contributed by atoms with Gasteiger partial charge in [0.1, 0.15) is 12.6 Å². The molecule has 3 aromatic rings. The Morgan fingerprint density at radius 2 is 1.88 bits per heavy atom. The van der Waals surface area contributed by atoms with Gasteiger partial charge in [0.2, 0.25) is 5.71 Å². The number of nitriles is 1. The van der Waals surface area contributed by atoms with Gasteiger partial charge in [-0.05, 0) is 38.1 Å². The highest BCUT2D eigenvalue weighted by Gasteiger charge is 2.19. The fourth-order valence-electron chi connectivity index (χ4n) is 2.59. The number of carbonyl (C=O) groups is 2. The van der Waals surface area contributed by atoms with Gasteiger partial charge in [0, 0.05) is 5.56 Å². The number of benzene rings is 2. The van der Waals surface area contributed by atoms with Crippen molar-refractivity contribution in [1.29, 1.82) is 5.26 Å². The summed E-state index contributed by atoms with van der Waals surface area (Å²) in [5.74, 6) is -1.17. The van der Waals surface area contributed by atoms with Crippen LogP contribution in [0, 0.1) is 18.3 Å². The summed E-state index contributed by atoms with van der Waals surface area (Å²) in [6.45, 7) is 3.60. The van der Waals surface area contributed by atoms with E-state index in [-0.39, 0.29) is 30.8 Å². The van der Waals surface area contributed by atoms with Gasteiger partial charge in [-0.3, -0.25) is 19.9 Å². The number of rotatable bonds is 8. The van der Waals surface area contributed by atoms with E-state index in [2.05, 4.69) is 20.6 Å². The van der Waals surface area contributed by atoms with Crippen molar-refractivity contribution in [3.63, 3.8) is 0 Å². The van der Waals surface area contributed by atoms with Crippen molar-refractivity contribution >= 4 is 29.3 Å². The molecule has 2 aromatic carbocycles. The number of nitrogens with one attached hydrogen (secondary N) is 1. The van der Waals surface area contributed by atoms with Crippen molar-refractivity contribution in [2.45, 2.75) is 13.8 Å². The van der Waals surface area contributed by atoms with Gasteiger partial charge in [0.15, 0.2) is 0 Å². The summed E-state index contributed by atoms with van der Waals surface area (Å²) in [4.78, 5) is 24.3. The molecular weight excluding hydrogens is 412 g/mol. The average molecular weight is 432 g/mol. The number of aromatic nitrogens is 2. The zero-order valence-electron chi connectivity index (χ0n) is 17.5. The lowest BCUT2D eigenvalue weighted by molar-refractivity contribution is -0.141. The van der Waals surface area contributed by atoms with Gasteiger partial charge in [-0.15, -0.1) is 5.10 Å². The summed E-state index contributed by atoms with van der Waals surface area (Å²) < 4.78 is 10.4. The number of esters is 1. The molecule has 1 heterocycles. The van der Waals surface area contributed by atoms with Crippen molar-refractivity contribution in [3.8, 4) is 6.07 Å². The molecule has 0 aliphatic rings. The molecule has 1 aromatic heterocycles. The molecule has 0 atom stereocenters. The summed E-state index contributed by atoms with van der Waals surface area (Å²) >= 11 is 0. The minimum Gasteiger partial charge on any atom is -0.465 e. The van der Waals surface area contributed by atoms with E-state index < -0.39 is 11.9 Å². The second-order valence-corrected chi connectivity index (χ2v) is 6.49. The minimum atomic E-state index is -0.518. The normalized spacial score (nSPS) is 10.8. The van der Waals surface area contributed by atoms with Gasteiger partial charge in [-0.2, -0.15) is 10.4 Å². The molecule has 32 heavy (non-hydrogen) atoms. The number of anilines is 2. The van der Waals surface area contributed by atoms with Crippen LogP contribution in [0.2, 0.25) is 0 Å². The Balaban J connectivity index is 1.84. The third kappa shape index (κ3) is 5.76. The van der Waals surface area contributed by atoms with Crippen molar-refractivity contribution in [3.05, 3.63) is 71.6 Å². The Bertz CT molecular complexity index is 1150. The number of ether oxygens (including phenoxy) is 1. The zero-order chi connectivity index (χ0) is 22.9. The van der Waals surface area contributed by atoms with Gasteiger partial charge in [-0.1, -0.05) is 41.0 Å². The van der Waals surface area contributed by atoms with E-state index in [1.54, 1.807) is 49.4 Å². The van der Waals surface area contributed by atoms with Crippen molar-refractivity contribution in [2.75, 3.05) is 23.5 Å². The summed E-state index contributed by atoms with van der Waals surface area (Å²) in [5.41, 5.74) is 1.75. The molecule has 0 unspecified atom stereocenters. The lowest BCUT2D eigenvalue weighted by Crippen LogP contribution is -2.28. The molecule has 1 N–H and O–H groups in total. The Kier molecular flexibility index (Phi) is 7.27. The van der Waals surface area contributed by atoms with Crippen molar-refractivity contribution < 1.29 is 18.7 Å². The smallest absolute Gasteiger partial charge is 0.327 e. The van der Waals surface area contributed by atoms with Crippen LogP contribution in [0.15, 0.2) is 64.1 Å². The third-order valence-corrected chi connectivity index (χ3v) is 4.13. The summed E-state index contributed by atoms with van der Waals surface area (Å²) in [7, 11) is 0. The molecule has 162 valence electrons. The minimum absolute atomic E-state index is 0.191. The molecule has 3 rings (SSSR count). The number of nitrogens with zero attached hydrogens (tertiary/aromatic N) is 5. The number of hydrazone groups is 1. The number of hydrogen-bond acceptors (Lipinski definition) is 9. The molecule has 1 amide bonds. The van der Waals surface area contributed by atoms with Crippen molar-refractivity contribution in [1.82, 2.24) is 10.2 Å². The summed E-state index contributed by atoms with van der Waals surface area (Å²) in [6.07, 6.45) is 0. The molecule has 0 saturated carbocycles. The van der Waals surface area contributed by atoms with E-state index in [0.29, 0.717) is 11.3 Å². The predicted octanol–water partition coefficient (Wildman–Crippen LogP) is 2.93. The molecule has 10 nitrogen and oxygen atoms in total. The van der Waals surface area contributed by atoms with Gasteiger partial charge in [0.25, 0.3) is 11.8 Å². The fraction of sp³-hybridized carbons (Fsp3) is 0.182. The highest BCUT2D eigenvalue weighted by molar-refractivity contribution is 6.09. The summed E-state index contributed by atoms with van der Waals surface area (Å²) in [6, 6.07) is 17.4. The van der Waals surface area contributed by atoms with Gasteiger partial charge < -0.3 is 9.15 Å². The number of carbonyl (C=O) groups excluding carboxylic acids is 2. The maximum atomic E-state index is 12.2. The first-order chi connectivity index (χ1) is 15.5. The fourth-order valence-corrected chi connectivity index (χ4v) is 2.59. The number of amides is 1. The van der Waals surface area contributed by atoms with Crippen LogP contribution >= 0.6 is 0 Å². The average Bonchev–Trinajstić information content (AvgIpc) is 3.26. The standard InChI is InChI=1S/C22H20N6O4/c1-3-31-19(29)14-28(17-11-9-15(2)10-12-17)27-18(13-23)21-25-26-22(32-21)24-20(30)16-7-5-4-6-8-16/h4-12H,3,14H2,1-2H3,(H,24,26,30). The van der Waals surface area contributed by atoms with Crippen LogP contribution in [0.5, 0.6) is 0 Å². The van der Waals surface area contributed by atoms with Crippen LogP contribution in [0.25, 0.3) is 0 Å². The van der Waals surface area contributed by atoms with Gasteiger partial charge >= 0.3 is 12.0 Å². The van der Waals surface area contributed by atoms with Crippen LogP contribution in [-0.2, 0) is 9.53 Å². The van der Waals surface area contributed by atoms with E-state index >= 15 is 0 Å². The van der Waals surface area contributed by atoms with E-state index in [4.69, 9.17) is 9.15 Å². The van der Waals surface area contributed by atoms with Crippen LogP contribution < -0.4 is 10.3 Å².